The quantitative estimate of drug-likeness (QED) is 0.832. The van der Waals surface area contributed by atoms with Gasteiger partial charge < -0.3 is 11.1 Å². The molecule has 2 rings (SSSR count). The van der Waals surface area contributed by atoms with Crippen molar-refractivity contribution in [2.75, 3.05) is 6.54 Å². The summed E-state index contributed by atoms with van der Waals surface area (Å²) in [7, 11) is 0. The Balaban J connectivity index is 2.03. The highest BCUT2D eigenvalue weighted by atomic mass is 32.1. The van der Waals surface area contributed by atoms with Gasteiger partial charge in [-0.25, -0.2) is 0 Å². The Morgan fingerprint density at radius 3 is 2.63 bits per heavy atom. The summed E-state index contributed by atoms with van der Waals surface area (Å²) in [5.74, 6) is 0.149. The Labute approximate surface area is 119 Å². The Kier molecular flexibility index (Phi) is 4.99. The number of hydrogen-bond acceptors (Lipinski definition) is 3. The molecule has 106 valence electrons. The summed E-state index contributed by atoms with van der Waals surface area (Å²) in [6, 6.07) is 2.14. The van der Waals surface area contributed by atoms with Gasteiger partial charge in [0.1, 0.15) is 0 Å². The Bertz CT molecular complexity index is 394. The van der Waals surface area contributed by atoms with Crippen molar-refractivity contribution in [3.63, 3.8) is 0 Å². The topological polar surface area (TPSA) is 55.1 Å². The van der Waals surface area contributed by atoms with E-state index in [9.17, 15) is 4.79 Å². The molecule has 3 nitrogen and oxygen atoms in total. The average molecular weight is 280 g/mol. The fraction of sp³-hybridized carbons (Fsp3) is 0.667. The molecule has 1 heterocycles. The molecule has 1 atom stereocenters. The van der Waals surface area contributed by atoms with E-state index in [1.54, 1.807) is 11.3 Å². The summed E-state index contributed by atoms with van der Waals surface area (Å²) < 4.78 is 0. The van der Waals surface area contributed by atoms with Crippen LogP contribution in [0.25, 0.3) is 0 Å². The summed E-state index contributed by atoms with van der Waals surface area (Å²) in [4.78, 5) is 12.6. The predicted octanol–water partition coefficient (Wildman–Crippen LogP) is 3.22. The number of carbonyl (C=O) groups is 1. The van der Waals surface area contributed by atoms with Crippen LogP contribution in [0.1, 0.15) is 57.1 Å². The average Bonchev–Trinajstić information content (AvgIpc) is 2.84. The second-order valence-corrected chi connectivity index (χ2v) is 6.43. The first-order valence-electron chi connectivity index (χ1n) is 7.21. The molecule has 4 heteroatoms. The van der Waals surface area contributed by atoms with E-state index in [-0.39, 0.29) is 17.4 Å². The normalized spacial score (nSPS) is 20.5. The van der Waals surface area contributed by atoms with E-state index < -0.39 is 0 Å². The van der Waals surface area contributed by atoms with Crippen LogP contribution >= 0.6 is 11.3 Å². The van der Waals surface area contributed by atoms with Gasteiger partial charge in [-0.3, -0.25) is 4.79 Å². The molecule has 1 saturated carbocycles. The van der Waals surface area contributed by atoms with Crippen LogP contribution in [0.2, 0.25) is 0 Å². The van der Waals surface area contributed by atoms with Gasteiger partial charge in [0.25, 0.3) is 0 Å². The van der Waals surface area contributed by atoms with Crippen LogP contribution < -0.4 is 11.1 Å². The van der Waals surface area contributed by atoms with Crippen LogP contribution in [0.3, 0.4) is 0 Å². The Hall–Kier alpha value is -0.870. The Morgan fingerprint density at radius 2 is 2.11 bits per heavy atom. The molecule has 1 fully saturated rings. The van der Waals surface area contributed by atoms with Crippen molar-refractivity contribution in [3.8, 4) is 0 Å². The molecule has 1 aromatic rings. The van der Waals surface area contributed by atoms with Crippen LogP contribution in [0, 0.1) is 5.41 Å². The zero-order valence-electron chi connectivity index (χ0n) is 11.7. The van der Waals surface area contributed by atoms with Gasteiger partial charge in [0.2, 0.25) is 5.91 Å². The number of nitrogens with two attached hydrogens (primary N) is 1. The first-order valence-corrected chi connectivity index (χ1v) is 8.15. The number of carbonyl (C=O) groups excluding carboxylic acids is 1. The second-order valence-electron chi connectivity index (χ2n) is 5.65. The predicted molar refractivity (Wildman–Crippen MR) is 80.1 cm³/mol. The zero-order valence-corrected chi connectivity index (χ0v) is 12.5. The minimum Gasteiger partial charge on any atom is -0.349 e. The van der Waals surface area contributed by atoms with Gasteiger partial charge in [-0.05, 0) is 42.2 Å². The molecule has 1 aromatic heterocycles. The maximum atomic E-state index is 12.6. The SMILES string of the molecule is CC(NC(=O)C1(CN)CCCCCC1)c1ccsc1. The molecular formula is C15H24N2OS. The van der Waals surface area contributed by atoms with E-state index in [0.717, 1.165) is 25.7 Å². The molecule has 0 radical (unpaired) electrons. The van der Waals surface area contributed by atoms with Crippen molar-refractivity contribution in [2.45, 2.75) is 51.5 Å². The molecule has 3 N–H and O–H groups in total. The molecule has 0 spiro atoms. The van der Waals surface area contributed by atoms with Crippen molar-refractivity contribution < 1.29 is 4.79 Å². The molecule has 1 amide bonds. The highest BCUT2D eigenvalue weighted by Crippen LogP contribution is 2.35. The van der Waals surface area contributed by atoms with Crippen molar-refractivity contribution in [1.29, 1.82) is 0 Å². The maximum absolute atomic E-state index is 12.6. The van der Waals surface area contributed by atoms with E-state index in [1.807, 2.05) is 12.3 Å². The standard InChI is InChI=1S/C15H24N2OS/c1-12(13-6-9-19-10-13)17-14(18)15(11-16)7-4-2-3-5-8-15/h6,9-10,12H,2-5,7-8,11,16H2,1H3,(H,17,18). The number of hydrogen-bond donors (Lipinski definition) is 2. The van der Waals surface area contributed by atoms with Gasteiger partial charge in [0, 0.05) is 6.54 Å². The van der Waals surface area contributed by atoms with E-state index in [4.69, 9.17) is 5.73 Å². The van der Waals surface area contributed by atoms with Crippen LogP contribution in [0.5, 0.6) is 0 Å². The molecule has 1 aliphatic rings. The lowest BCUT2D eigenvalue weighted by molar-refractivity contribution is -0.132. The molecule has 0 bridgehead atoms. The van der Waals surface area contributed by atoms with Crippen LogP contribution in [-0.4, -0.2) is 12.5 Å². The first-order chi connectivity index (χ1) is 9.18. The highest BCUT2D eigenvalue weighted by molar-refractivity contribution is 7.07. The molecule has 0 aromatic carbocycles. The van der Waals surface area contributed by atoms with Gasteiger partial charge in [0.15, 0.2) is 0 Å². The van der Waals surface area contributed by atoms with Crippen molar-refractivity contribution in [1.82, 2.24) is 5.32 Å². The number of nitrogens with one attached hydrogen (secondary N) is 1. The lowest BCUT2D eigenvalue weighted by Crippen LogP contribution is -2.46. The zero-order chi connectivity index (χ0) is 13.7. The maximum Gasteiger partial charge on any atom is 0.227 e. The van der Waals surface area contributed by atoms with E-state index in [0.29, 0.717) is 6.54 Å². The third kappa shape index (κ3) is 3.37. The van der Waals surface area contributed by atoms with Crippen LogP contribution in [0.15, 0.2) is 16.8 Å². The third-order valence-electron chi connectivity index (χ3n) is 4.32. The van der Waals surface area contributed by atoms with Gasteiger partial charge >= 0.3 is 0 Å². The fourth-order valence-electron chi connectivity index (χ4n) is 2.88. The summed E-state index contributed by atoms with van der Waals surface area (Å²) in [5, 5.41) is 7.29. The van der Waals surface area contributed by atoms with Crippen molar-refractivity contribution >= 4 is 17.2 Å². The summed E-state index contributed by atoms with van der Waals surface area (Å²) in [5.41, 5.74) is 6.79. The first kappa shape index (κ1) is 14.5. The van der Waals surface area contributed by atoms with Crippen molar-refractivity contribution in [3.05, 3.63) is 22.4 Å². The van der Waals surface area contributed by atoms with Crippen LogP contribution in [0.4, 0.5) is 0 Å². The second kappa shape index (κ2) is 6.53. The molecule has 0 saturated heterocycles. The summed E-state index contributed by atoms with van der Waals surface area (Å²) >= 11 is 1.66. The lowest BCUT2D eigenvalue weighted by atomic mass is 9.79. The molecule has 1 aliphatic carbocycles. The number of rotatable bonds is 4. The Morgan fingerprint density at radius 1 is 1.42 bits per heavy atom. The van der Waals surface area contributed by atoms with Gasteiger partial charge in [-0.15, -0.1) is 0 Å². The van der Waals surface area contributed by atoms with E-state index in [2.05, 4.69) is 16.8 Å². The van der Waals surface area contributed by atoms with E-state index in [1.165, 1.54) is 18.4 Å². The van der Waals surface area contributed by atoms with Gasteiger partial charge in [-0.2, -0.15) is 11.3 Å². The largest absolute Gasteiger partial charge is 0.349 e. The lowest BCUT2D eigenvalue weighted by Gasteiger charge is -2.31. The van der Waals surface area contributed by atoms with E-state index >= 15 is 0 Å². The monoisotopic (exact) mass is 280 g/mol. The van der Waals surface area contributed by atoms with Crippen LogP contribution in [-0.2, 0) is 4.79 Å². The fourth-order valence-corrected chi connectivity index (χ4v) is 3.64. The van der Waals surface area contributed by atoms with Gasteiger partial charge in [0.05, 0.1) is 11.5 Å². The minimum absolute atomic E-state index is 0.0745. The molecule has 0 aliphatic heterocycles. The molecule has 1 unspecified atom stereocenters. The molecule has 19 heavy (non-hydrogen) atoms. The number of amides is 1. The van der Waals surface area contributed by atoms with Crippen molar-refractivity contribution in [2.24, 2.45) is 11.1 Å². The minimum atomic E-state index is -0.333. The third-order valence-corrected chi connectivity index (χ3v) is 5.03. The smallest absolute Gasteiger partial charge is 0.227 e. The highest BCUT2D eigenvalue weighted by Gasteiger charge is 2.37. The van der Waals surface area contributed by atoms with Gasteiger partial charge in [-0.1, -0.05) is 25.7 Å². The molecular weight excluding hydrogens is 256 g/mol. The summed E-state index contributed by atoms with van der Waals surface area (Å²) in [6.45, 7) is 2.51. The summed E-state index contributed by atoms with van der Waals surface area (Å²) in [6.07, 6.45) is 6.58. The number of thiophene rings is 1.